The first-order valence-electron chi connectivity index (χ1n) is 10.1. The molecule has 0 saturated heterocycles. The van der Waals surface area contributed by atoms with E-state index in [1.165, 1.54) is 11.8 Å². The number of nitrogens with one attached hydrogen (secondary N) is 1. The molecule has 0 fully saturated rings. The standard InChI is InChI=1S/C23H27Cl3N2O2S/c1-4-15(2)27-23(30)16(3)28(12-17-8-10-18(24)11-9-17)22(29)14-31-13-19-20(25)6-5-7-21(19)26/h5-11,15-16H,4,12-14H2,1-3H3,(H,27,30)/t15-,16+/m1/s1. The van der Waals surface area contributed by atoms with Crippen LogP contribution in [0.5, 0.6) is 0 Å². The summed E-state index contributed by atoms with van der Waals surface area (Å²) in [6, 6.07) is 12.0. The molecule has 0 radical (unpaired) electrons. The largest absolute Gasteiger partial charge is 0.352 e. The van der Waals surface area contributed by atoms with E-state index in [1.54, 1.807) is 42.2 Å². The first-order valence-corrected chi connectivity index (χ1v) is 12.4. The highest BCUT2D eigenvalue weighted by atomic mass is 35.5. The molecule has 8 heteroatoms. The van der Waals surface area contributed by atoms with Gasteiger partial charge >= 0.3 is 0 Å². The Hall–Kier alpha value is -1.40. The molecule has 0 aliphatic heterocycles. The van der Waals surface area contributed by atoms with Gasteiger partial charge in [-0.15, -0.1) is 11.8 Å². The second-order valence-electron chi connectivity index (χ2n) is 7.33. The first kappa shape index (κ1) is 25.9. The molecular weight excluding hydrogens is 475 g/mol. The summed E-state index contributed by atoms with van der Waals surface area (Å²) in [7, 11) is 0. The van der Waals surface area contributed by atoms with Crippen molar-refractivity contribution in [2.24, 2.45) is 0 Å². The molecule has 0 unspecified atom stereocenters. The van der Waals surface area contributed by atoms with Gasteiger partial charge in [-0.3, -0.25) is 9.59 Å². The van der Waals surface area contributed by atoms with Crippen molar-refractivity contribution in [3.63, 3.8) is 0 Å². The maximum atomic E-state index is 13.1. The molecule has 2 aromatic carbocycles. The molecule has 0 spiro atoms. The Morgan fingerprint density at radius 2 is 1.65 bits per heavy atom. The second-order valence-corrected chi connectivity index (χ2v) is 9.57. The zero-order valence-corrected chi connectivity index (χ0v) is 20.9. The van der Waals surface area contributed by atoms with Crippen molar-refractivity contribution in [2.45, 2.75) is 51.6 Å². The minimum Gasteiger partial charge on any atom is -0.352 e. The summed E-state index contributed by atoms with van der Waals surface area (Å²) in [5.74, 6) is 0.411. The topological polar surface area (TPSA) is 49.4 Å². The van der Waals surface area contributed by atoms with Gasteiger partial charge in [0.25, 0.3) is 0 Å². The van der Waals surface area contributed by atoms with Crippen LogP contribution in [0, 0.1) is 0 Å². The number of halogens is 3. The summed E-state index contributed by atoms with van der Waals surface area (Å²) in [6.07, 6.45) is 0.817. The third-order valence-corrected chi connectivity index (χ3v) is 6.87. The smallest absolute Gasteiger partial charge is 0.242 e. The normalized spacial score (nSPS) is 12.8. The Bertz CT molecular complexity index is 873. The van der Waals surface area contributed by atoms with Crippen molar-refractivity contribution in [3.8, 4) is 0 Å². The number of hydrogen-bond acceptors (Lipinski definition) is 3. The van der Waals surface area contributed by atoms with Gasteiger partial charge in [0.1, 0.15) is 6.04 Å². The maximum absolute atomic E-state index is 13.1. The molecule has 2 atom stereocenters. The zero-order valence-electron chi connectivity index (χ0n) is 17.8. The van der Waals surface area contributed by atoms with Crippen LogP contribution in [0.3, 0.4) is 0 Å². The number of carbonyl (C=O) groups excluding carboxylic acids is 2. The van der Waals surface area contributed by atoms with Crippen molar-refractivity contribution in [2.75, 3.05) is 5.75 Å². The predicted octanol–water partition coefficient (Wildman–Crippen LogP) is 6.21. The summed E-state index contributed by atoms with van der Waals surface area (Å²) in [5, 5.41) is 4.73. The fraction of sp³-hybridized carbons (Fsp3) is 0.391. The average Bonchev–Trinajstić information content (AvgIpc) is 2.74. The van der Waals surface area contributed by atoms with Crippen molar-refractivity contribution in [1.29, 1.82) is 0 Å². The number of hydrogen-bond donors (Lipinski definition) is 1. The van der Waals surface area contributed by atoms with Gasteiger partial charge in [0.2, 0.25) is 11.8 Å². The average molecular weight is 502 g/mol. The Morgan fingerprint density at radius 1 is 1.03 bits per heavy atom. The van der Waals surface area contributed by atoms with E-state index in [-0.39, 0.29) is 23.6 Å². The number of benzene rings is 2. The molecule has 0 bridgehead atoms. The minimum absolute atomic E-state index is 0.0409. The molecule has 0 aliphatic rings. The van der Waals surface area contributed by atoms with Gasteiger partial charge in [-0.25, -0.2) is 0 Å². The summed E-state index contributed by atoms with van der Waals surface area (Å²) in [5.41, 5.74) is 1.70. The summed E-state index contributed by atoms with van der Waals surface area (Å²) < 4.78 is 0. The third kappa shape index (κ3) is 7.90. The van der Waals surface area contributed by atoms with Crippen molar-refractivity contribution < 1.29 is 9.59 Å². The predicted molar refractivity (Wildman–Crippen MR) is 132 cm³/mol. The number of carbonyl (C=O) groups is 2. The van der Waals surface area contributed by atoms with Crippen LogP contribution in [-0.4, -0.2) is 34.6 Å². The SMILES string of the molecule is CC[C@@H](C)NC(=O)[C@H](C)N(Cc1ccc(Cl)cc1)C(=O)CSCc1c(Cl)cccc1Cl. The van der Waals surface area contributed by atoms with E-state index < -0.39 is 6.04 Å². The molecule has 0 aromatic heterocycles. The molecule has 168 valence electrons. The van der Waals surface area contributed by atoms with Crippen molar-refractivity contribution >= 4 is 58.4 Å². The fourth-order valence-corrected chi connectivity index (χ4v) is 4.60. The summed E-state index contributed by atoms with van der Waals surface area (Å²) in [6.45, 7) is 6.02. The highest BCUT2D eigenvalue weighted by Gasteiger charge is 2.26. The number of amides is 2. The van der Waals surface area contributed by atoms with Gasteiger partial charge in [0.05, 0.1) is 5.75 Å². The van der Waals surface area contributed by atoms with E-state index in [0.29, 0.717) is 27.4 Å². The molecule has 31 heavy (non-hydrogen) atoms. The van der Waals surface area contributed by atoms with E-state index >= 15 is 0 Å². The van der Waals surface area contributed by atoms with E-state index in [1.807, 2.05) is 26.0 Å². The van der Waals surface area contributed by atoms with Crippen molar-refractivity contribution in [3.05, 3.63) is 68.7 Å². The summed E-state index contributed by atoms with van der Waals surface area (Å²) in [4.78, 5) is 27.4. The van der Waals surface area contributed by atoms with Gasteiger partial charge in [-0.1, -0.05) is 59.9 Å². The molecule has 1 N–H and O–H groups in total. The summed E-state index contributed by atoms with van der Waals surface area (Å²) >= 11 is 19.8. The maximum Gasteiger partial charge on any atom is 0.242 e. The highest BCUT2D eigenvalue weighted by Crippen LogP contribution is 2.28. The highest BCUT2D eigenvalue weighted by molar-refractivity contribution is 7.99. The lowest BCUT2D eigenvalue weighted by atomic mass is 10.1. The van der Waals surface area contributed by atoms with Crippen molar-refractivity contribution in [1.82, 2.24) is 10.2 Å². The molecule has 0 heterocycles. The molecule has 0 saturated carbocycles. The Kier molecular flexibility index (Phi) is 10.5. The number of nitrogens with zero attached hydrogens (tertiary/aromatic N) is 1. The van der Waals surface area contributed by atoms with Crippen LogP contribution in [0.1, 0.15) is 38.3 Å². The van der Waals surface area contributed by atoms with Gasteiger partial charge < -0.3 is 10.2 Å². The second kappa shape index (κ2) is 12.6. The van der Waals surface area contributed by atoms with Gasteiger partial charge in [0, 0.05) is 33.4 Å². The Morgan fingerprint density at radius 3 is 2.23 bits per heavy atom. The van der Waals surface area contributed by atoms with Crippen LogP contribution in [0.2, 0.25) is 15.1 Å². The first-order chi connectivity index (χ1) is 14.7. The number of thioether (sulfide) groups is 1. The van der Waals surface area contributed by atoms with Crippen LogP contribution in [-0.2, 0) is 21.9 Å². The fourth-order valence-electron chi connectivity index (χ4n) is 2.83. The number of rotatable bonds is 10. The van der Waals surface area contributed by atoms with Gasteiger partial charge in [0.15, 0.2) is 0 Å². The van der Waals surface area contributed by atoms with Crippen LogP contribution in [0.4, 0.5) is 0 Å². The van der Waals surface area contributed by atoms with Gasteiger partial charge in [-0.2, -0.15) is 0 Å². The monoisotopic (exact) mass is 500 g/mol. The Labute approximate surface area is 203 Å². The molecular formula is C23H27Cl3N2O2S. The lowest BCUT2D eigenvalue weighted by Gasteiger charge is -2.29. The van der Waals surface area contributed by atoms with Crippen LogP contribution >= 0.6 is 46.6 Å². The van der Waals surface area contributed by atoms with E-state index in [4.69, 9.17) is 34.8 Å². The molecule has 2 rings (SSSR count). The zero-order chi connectivity index (χ0) is 23.0. The lowest BCUT2D eigenvalue weighted by molar-refractivity contribution is -0.138. The van der Waals surface area contributed by atoms with Crippen LogP contribution in [0.25, 0.3) is 0 Å². The minimum atomic E-state index is -0.610. The molecule has 4 nitrogen and oxygen atoms in total. The quantitative estimate of drug-likeness (QED) is 0.421. The van der Waals surface area contributed by atoms with Crippen LogP contribution in [0.15, 0.2) is 42.5 Å². The van der Waals surface area contributed by atoms with E-state index in [0.717, 1.165) is 17.5 Å². The molecule has 2 aromatic rings. The lowest BCUT2D eigenvalue weighted by Crippen LogP contribution is -2.50. The van der Waals surface area contributed by atoms with E-state index in [9.17, 15) is 9.59 Å². The Balaban J connectivity index is 2.11. The molecule has 0 aliphatic carbocycles. The van der Waals surface area contributed by atoms with Crippen LogP contribution < -0.4 is 5.32 Å². The third-order valence-electron chi connectivity index (χ3n) is 4.97. The molecule has 2 amide bonds. The van der Waals surface area contributed by atoms with Gasteiger partial charge in [-0.05, 0) is 55.7 Å². The van der Waals surface area contributed by atoms with E-state index in [2.05, 4.69) is 5.32 Å².